The van der Waals surface area contributed by atoms with Crippen LogP contribution in [0.15, 0.2) is 0 Å². The first kappa shape index (κ1) is 7.37. The number of rotatable bonds is 0. The molecule has 1 aliphatic heterocycles. The number of thiocarbonyl (C=S) groups is 1. The number of thiol groups is 1. The topological polar surface area (TPSA) is 20.3 Å². The van der Waals surface area contributed by atoms with E-state index in [-0.39, 0.29) is 5.24 Å². The van der Waals surface area contributed by atoms with Crippen molar-refractivity contribution in [2.24, 2.45) is 0 Å². The van der Waals surface area contributed by atoms with E-state index in [9.17, 15) is 4.79 Å². The van der Waals surface area contributed by atoms with Gasteiger partial charge in [0.25, 0.3) is 5.24 Å². The summed E-state index contributed by atoms with van der Waals surface area (Å²) < 4.78 is 0.648. The molecule has 1 amide bonds. The highest BCUT2D eigenvalue weighted by Gasteiger charge is 2.20. The van der Waals surface area contributed by atoms with Gasteiger partial charge in [0.2, 0.25) is 0 Å². The summed E-state index contributed by atoms with van der Waals surface area (Å²) in [6.45, 7) is 0.714. The minimum Gasteiger partial charge on any atom is -0.288 e. The molecule has 1 fully saturated rings. The highest BCUT2D eigenvalue weighted by atomic mass is 32.2. The van der Waals surface area contributed by atoms with E-state index < -0.39 is 0 Å². The van der Waals surface area contributed by atoms with E-state index >= 15 is 0 Å². The summed E-state index contributed by atoms with van der Waals surface area (Å²) >= 11 is 10.00. The lowest BCUT2D eigenvalue weighted by atomic mass is 10.7. The van der Waals surface area contributed by atoms with Gasteiger partial charge in [-0.05, 0) is 0 Å². The van der Waals surface area contributed by atoms with Gasteiger partial charge in [-0.2, -0.15) is 0 Å². The third-order valence-electron chi connectivity index (χ3n) is 0.992. The molecule has 1 saturated heterocycles. The molecule has 0 aliphatic carbocycles. The zero-order chi connectivity index (χ0) is 6.85. The molecule has 0 aromatic heterocycles. The molecular formula is C4H5NOS3. The van der Waals surface area contributed by atoms with E-state index in [4.69, 9.17) is 12.2 Å². The SMILES string of the molecule is O=C(S)N1CCSC1=S. The molecule has 1 aliphatic rings. The second kappa shape index (κ2) is 2.90. The first-order valence-electron chi connectivity index (χ1n) is 2.39. The summed E-state index contributed by atoms with van der Waals surface area (Å²) in [6.07, 6.45) is 0. The van der Waals surface area contributed by atoms with Gasteiger partial charge in [0.15, 0.2) is 0 Å². The summed E-state index contributed by atoms with van der Waals surface area (Å²) in [5, 5.41) is -0.245. The molecule has 50 valence electrons. The molecule has 1 heterocycles. The molecule has 9 heavy (non-hydrogen) atoms. The van der Waals surface area contributed by atoms with Crippen LogP contribution in [0.4, 0.5) is 4.79 Å². The van der Waals surface area contributed by atoms with Crippen LogP contribution in [0.2, 0.25) is 0 Å². The molecule has 0 spiro atoms. The molecule has 0 aromatic carbocycles. The molecule has 0 radical (unpaired) electrons. The third kappa shape index (κ3) is 1.59. The lowest BCUT2D eigenvalue weighted by molar-refractivity contribution is 0.247. The van der Waals surface area contributed by atoms with Crippen LogP contribution in [-0.2, 0) is 0 Å². The third-order valence-corrected chi connectivity index (χ3v) is 2.66. The Bertz CT molecular complexity index is 158. The molecule has 1 rings (SSSR count). The number of carbonyl (C=O) groups excluding carboxylic acids is 1. The predicted octanol–water partition coefficient (Wildman–Crippen LogP) is 1.37. The summed E-state index contributed by atoms with van der Waals surface area (Å²) in [5.41, 5.74) is 0. The molecule has 0 bridgehead atoms. The van der Waals surface area contributed by atoms with Gasteiger partial charge in [-0.25, -0.2) is 0 Å². The Balaban J connectivity index is 2.60. The van der Waals surface area contributed by atoms with Gasteiger partial charge in [0, 0.05) is 12.3 Å². The zero-order valence-electron chi connectivity index (χ0n) is 4.53. The largest absolute Gasteiger partial charge is 0.288 e. The van der Waals surface area contributed by atoms with Gasteiger partial charge >= 0.3 is 0 Å². The summed E-state index contributed by atoms with van der Waals surface area (Å²) in [7, 11) is 0. The summed E-state index contributed by atoms with van der Waals surface area (Å²) in [4.78, 5) is 12.0. The van der Waals surface area contributed by atoms with Gasteiger partial charge in [-0.3, -0.25) is 9.69 Å². The Hall–Kier alpha value is 0.260. The van der Waals surface area contributed by atoms with Crippen molar-refractivity contribution >= 4 is 46.2 Å². The minimum absolute atomic E-state index is 0.245. The van der Waals surface area contributed by atoms with Crippen LogP contribution in [0.1, 0.15) is 0 Å². The van der Waals surface area contributed by atoms with Crippen molar-refractivity contribution in [1.82, 2.24) is 4.90 Å². The second-order valence-corrected chi connectivity index (χ2v) is 3.66. The molecule has 0 N–H and O–H groups in total. The van der Waals surface area contributed by atoms with Gasteiger partial charge < -0.3 is 0 Å². The van der Waals surface area contributed by atoms with E-state index in [2.05, 4.69) is 12.6 Å². The van der Waals surface area contributed by atoms with Crippen LogP contribution >= 0.6 is 36.6 Å². The van der Waals surface area contributed by atoms with Crippen LogP contribution < -0.4 is 0 Å². The number of nitrogens with zero attached hydrogens (tertiary/aromatic N) is 1. The van der Waals surface area contributed by atoms with Gasteiger partial charge in [-0.1, -0.05) is 36.6 Å². The monoisotopic (exact) mass is 179 g/mol. The van der Waals surface area contributed by atoms with Gasteiger partial charge in [0.05, 0.1) is 0 Å². The maximum absolute atomic E-state index is 10.5. The Labute approximate surface area is 68.4 Å². The standard InChI is InChI=1S/C4H5NOS3/c6-3(7)5-1-2-9-4(5)8/h1-2H2,(H,6,7). The Morgan fingerprint density at radius 1 is 1.89 bits per heavy atom. The van der Waals surface area contributed by atoms with Crippen LogP contribution in [0, 0.1) is 0 Å². The average molecular weight is 179 g/mol. The van der Waals surface area contributed by atoms with Crippen molar-refractivity contribution < 1.29 is 4.79 Å². The van der Waals surface area contributed by atoms with Crippen LogP contribution in [0.3, 0.4) is 0 Å². The van der Waals surface area contributed by atoms with E-state index in [0.29, 0.717) is 10.9 Å². The molecular weight excluding hydrogens is 174 g/mol. The van der Waals surface area contributed by atoms with Crippen molar-refractivity contribution in [2.75, 3.05) is 12.3 Å². The van der Waals surface area contributed by atoms with Crippen molar-refractivity contribution in [3.8, 4) is 0 Å². The van der Waals surface area contributed by atoms with E-state index in [1.807, 2.05) is 0 Å². The number of carbonyl (C=O) groups is 1. The smallest absolute Gasteiger partial charge is 0.284 e. The maximum Gasteiger partial charge on any atom is 0.284 e. The van der Waals surface area contributed by atoms with Crippen molar-refractivity contribution in [2.45, 2.75) is 0 Å². The minimum atomic E-state index is -0.245. The number of hydrogen-bond donors (Lipinski definition) is 1. The van der Waals surface area contributed by atoms with Crippen molar-refractivity contribution in [3.05, 3.63) is 0 Å². The number of amides is 1. The Kier molecular flexibility index (Phi) is 2.37. The Morgan fingerprint density at radius 2 is 2.56 bits per heavy atom. The Morgan fingerprint density at radius 3 is 2.78 bits per heavy atom. The van der Waals surface area contributed by atoms with Gasteiger partial charge in [-0.15, -0.1) is 0 Å². The molecule has 0 atom stereocenters. The van der Waals surface area contributed by atoms with Crippen molar-refractivity contribution in [1.29, 1.82) is 0 Å². The first-order valence-corrected chi connectivity index (χ1v) is 4.23. The van der Waals surface area contributed by atoms with Gasteiger partial charge in [0.1, 0.15) is 4.32 Å². The molecule has 0 saturated carbocycles. The van der Waals surface area contributed by atoms with E-state index in [1.54, 1.807) is 0 Å². The van der Waals surface area contributed by atoms with Crippen LogP contribution in [-0.4, -0.2) is 26.8 Å². The molecule has 0 unspecified atom stereocenters. The fourth-order valence-corrected chi connectivity index (χ4v) is 2.11. The lowest BCUT2D eigenvalue weighted by Crippen LogP contribution is -2.25. The highest BCUT2D eigenvalue weighted by Crippen LogP contribution is 2.18. The fourth-order valence-electron chi connectivity index (χ4n) is 0.567. The fraction of sp³-hybridized carbons (Fsp3) is 0.500. The lowest BCUT2D eigenvalue weighted by Gasteiger charge is -2.08. The normalized spacial score (nSPS) is 18.8. The summed E-state index contributed by atoms with van der Waals surface area (Å²) in [5.74, 6) is 0.908. The van der Waals surface area contributed by atoms with Crippen LogP contribution in [0.25, 0.3) is 0 Å². The molecule has 2 nitrogen and oxygen atoms in total. The van der Waals surface area contributed by atoms with Crippen molar-refractivity contribution in [3.63, 3.8) is 0 Å². The van der Waals surface area contributed by atoms with E-state index in [1.165, 1.54) is 16.7 Å². The molecule has 0 aromatic rings. The average Bonchev–Trinajstić information content (AvgIpc) is 2.13. The zero-order valence-corrected chi connectivity index (χ0v) is 7.06. The quantitative estimate of drug-likeness (QED) is 0.448. The summed E-state index contributed by atoms with van der Waals surface area (Å²) in [6, 6.07) is 0. The second-order valence-electron chi connectivity index (χ2n) is 1.55. The highest BCUT2D eigenvalue weighted by molar-refractivity contribution is 8.23. The van der Waals surface area contributed by atoms with E-state index in [0.717, 1.165) is 5.75 Å². The number of thioether (sulfide) groups is 1. The maximum atomic E-state index is 10.5. The number of hydrogen-bond acceptors (Lipinski definition) is 3. The first-order chi connectivity index (χ1) is 4.22. The van der Waals surface area contributed by atoms with Crippen LogP contribution in [0.5, 0.6) is 0 Å². The predicted molar refractivity (Wildman–Crippen MR) is 46.1 cm³/mol. The molecule has 5 heteroatoms.